The Balaban J connectivity index is 0.00000220. The average molecular weight is 424 g/mol. The van der Waals surface area contributed by atoms with Crippen molar-refractivity contribution in [1.29, 1.82) is 0 Å². The van der Waals surface area contributed by atoms with Gasteiger partial charge in [0.2, 0.25) is 10.0 Å². The molecule has 0 spiro atoms. The SMILES string of the molecule is CN(C(N)=NCCNS(=O)(=O)c1ccccc1)C1CC1.I. The number of nitrogens with zero attached hydrogens (tertiary/aromatic N) is 2. The molecule has 1 aromatic rings. The second-order valence-corrected chi connectivity index (χ2v) is 6.56. The topological polar surface area (TPSA) is 87.8 Å². The summed E-state index contributed by atoms with van der Waals surface area (Å²) >= 11 is 0. The first kappa shape index (κ1) is 18.2. The quantitative estimate of drug-likeness (QED) is 0.309. The van der Waals surface area contributed by atoms with Crippen LogP contribution in [0, 0.1) is 0 Å². The molecule has 0 heterocycles. The van der Waals surface area contributed by atoms with Crippen molar-refractivity contribution >= 4 is 40.0 Å². The van der Waals surface area contributed by atoms with E-state index in [4.69, 9.17) is 5.73 Å². The fourth-order valence-electron chi connectivity index (χ4n) is 1.79. The minimum atomic E-state index is -3.46. The lowest BCUT2D eigenvalue weighted by Gasteiger charge is -2.16. The molecule has 21 heavy (non-hydrogen) atoms. The molecule has 1 aromatic carbocycles. The Bertz CT molecular complexity index is 573. The first-order valence-corrected chi connectivity index (χ1v) is 8.06. The van der Waals surface area contributed by atoms with Gasteiger partial charge in [0.1, 0.15) is 0 Å². The van der Waals surface area contributed by atoms with Gasteiger partial charge in [-0.3, -0.25) is 4.99 Å². The third kappa shape index (κ3) is 5.44. The van der Waals surface area contributed by atoms with E-state index < -0.39 is 10.0 Å². The summed E-state index contributed by atoms with van der Waals surface area (Å²) in [6, 6.07) is 8.77. The maximum Gasteiger partial charge on any atom is 0.240 e. The molecule has 118 valence electrons. The van der Waals surface area contributed by atoms with Crippen LogP contribution in [0.3, 0.4) is 0 Å². The standard InChI is InChI=1S/C13H20N4O2S.HI/c1-17(11-7-8-11)13(14)15-9-10-16-20(18,19)12-5-3-2-4-6-12;/h2-6,11,16H,7-10H2,1H3,(H2,14,15);1H. The maximum atomic E-state index is 11.9. The number of hydrogen-bond donors (Lipinski definition) is 2. The van der Waals surface area contributed by atoms with Gasteiger partial charge in [-0.25, -0.2) is 13.1 Å². The molecule has 0 atom stereocenters. The number of aliphatic imine (C=N–C) groups is 1. The van der Waals surface area contributed by atoms with Crippen molar-refractivity contribution in [3.8, 4) is 0 Å². The van der Waals surface area contributed by atoms with Crippen molar-refractivity contribution in [2.24, 2.45) is 10.7 Å². The monoisotopic (exact) mass is 424 g/mol. The Morgan fingerprint density at radius 1 is 1.38 bits per heavy atom. The molecule has 0 bridgehead atoms. The number of nitrogens with one attached hydrogen (secondary N) is 1. The van der Waals surface area contributed by atoms with E-state index in [1.807, 2.05) is 11.9 Å². The Labute approximate surface area is 142 Å². The molecule has 0 aliphatic heterocycles. The van der Waals surface area contributed by atoms with Crippen molar-refractivity contribution in [1.82, 2.24) is 9.62 Å². The highest BCUT2D eigenvalue weighted by Crippen LogP contribution is 2.24. The van der Waals surface area contributed by atoms with E-state index in [0.717, 1.165) is 12.8 Å². The largest absolute Gasteiger partial charge is 0.370 e. The van der Waals surface area contributed by atoms with Crippen LogP contribution in [-0.2, 0) is 10.0 Å². The predicted octanol–water partition coefficient (Wildman–Crippen LogP) is 0.992. The van der Waals surface area contributed by atoms with Crippen molar-refractivity contribution in [2.75, 3.05) is 20.1 Å². The summed E-state index contributed by atoms with van der Waals surface area (Å²) in [6.07, 6.45) is 2.29. The summed E-state index contributed by atoms with van der Waals surface area (Å²) in [7, 11) is -1.55. The van der Waals surface area contributed by atoms with E-state index in [1.165, 1.54) is 0 Å². The highest BCUT2D eigenvalue weighted by atomic mass is 127. The number of halogens is 1. The first-order valence-electron chi connectivity index (χ1n) is 6.58. The Morgan fingerprint density at radius 2 is 2.00 bits per heavy atom. The number of benzene rings is 1. The number of rotatable bonds is 6. The van der Waals surface area contributed by atoms with Crippen LogP contribution < -0.4 is 10.5 Å². The molecule has 1 aliphatic rings. The Morgan fingerprint density at radius 3 is 2.57 bits per heavy atom. The highest BCUT2D eigenvalue weighted by molar-refractivity contribution is 14.0. The number of sulfonamides is 1. The lowest BCUT2D eigenvalue weighted by molar-refractivity contribution is 0.487. The molecule has 0 aromatic heterocycles. The molecule has 8 heteroatoms. The summed E-state index contributed by atoms with van der Waals surface area (Å²) in [6.45, 7) is 0.561. The molecular weight excluding hydrogens is 403 g/mol. The minimum Gasteiger partial charge on any atom is -0.370 e. The third-order valence-electron chi connectivity index (χ3n) is 3.19. The van der Waals surface area contributed by atoms with E-state index in [1.54, 1.807) is 30.3 Å². The van der Waals surface area contributed by atoms with Crippen LogP contribution in [0.25, 0.3) is 0 Å². The van der Waals surface area contributed by atoms with Gasteiger partial charge in [-0.2, -0.15) is 0 Å². The van der Waals surface area contributed by atoms with E-state index in [0.29, 0.717) is 18.5 Å². The lowest BCUT2D eigenvalue weighted by Crippen LogP contribution is -2.36. The molecule has 1 fully saturated rings. The molecule has 1 saturated carbocycles. The molecule has 2 rings (SSSR count). The summed E-state index contributed by atoms with van der Waals surface area (Å²) in [5, 5.41) is 0. The van der Waals surface area contributed by atoms with Crippen LogP contribution in [-0.4, -0.2) is 45.5 Å². The van der Waals surface area contributed by atoms with Gasteiger partial charge in [0.25, 0.3) is 0 Å². The molecule has 0 amide bonds. The lowest BCUT2D eigenvalue weighted by atomic mass is 10.4. The zero-order valence-electron chi connectivity index (χ0n) is 11.9. The van der Waals surface area contributed by atoms with Crippen molar-refractivity contribution in [3.63, 3.8) is 0 Å². The normalized spacial score (nSPS) is 15.4. The number of nitrogens with two attached hydrogens (primary N) is 1. The third-order valence-corrected chi connectivity index (χ3v) is 4.66. The second kappa shape index (κ2) is 7.95. The summed E-state index contributed by atoms with van der Waals surface area (Å²) in [5.74, 6) is 0.464. The van der Waals surface area contributed by atoms with Crippen LogP contribution in [0.4, 0.5) is 0 Å². The minimum absolute atomic E-state index is 0. The van der Waals surface area contributed by atoms with Crippen LogP contribution in [0.2, 0.25) is 0 Å². The molecule has 6 nitrogen and oxygen atoms in total. The van der Waals surface area contributed by atoms with Gasteiger partial charge in [-0.1, -0.05) is 18.2 Å². The molecule has 0 radical (unpaired) electrons. The van der Waals surface area contributed by atoms with Crippen LogP contribution in [0.5, 0.6) is 0 Å². The van der Waals surface area contributed by atoms with E-state index in [2.05, 4.69) is 9.71 Å². The second-order valence-electron chi connectivity index (χ2n) is 4.79. The van der Waals surface area contributed by atoms with Crippen molar-refractivity contribution in [3.05, 3.63) is 30.3 Å². The van der Waals surface area contributed by atoms with Gasteiger partial charge in [0.15, 0.2) is 5.96 Å². The molecule has 1 aliphatic carbocycles. The van der Waals surface area contributed by atoms with E-state index >= 15 is 0 Å². The molecule has 0 saturated heterocycles. The molecule has 3 N–H and O–H groups in total. The van der Waals surface area contributed by atoms with Gasteiger partial charge in [-0.15, -0.1) is 24.0 Å². The fraction of sp³-hybridized carbons (Fsp3) is 0.462. The van der Waals surface area contributed by atoms with Crippen LogP contribution >= 0.6 is 24.0 Å². The summed E-state index contributed by atoms with van der Waals surface area (Å²) in [5.41, 5.74) is 5.82. The Hall–Kier alpha value is -0.870. The Kier molecular flexibility index (Phi) is 6.88. The highest BCUT2D eigenvalue weighted by Gasteiger charge is 2.27. The van der Waals surface area contributed by atoms with Crippen LogP contribution in [0.1, 0.15) is 12.8 Å². The molecule has 0 unspecified atom stereocenters. The van der Waals surface area contributed by atoms with E-state index in [-0.39, 0.29) is 35.4 Å². The van der Waals surface area contributed by atoms with Gasteiger partial charge >= 0.3 is 0 Å². The van der Waals surface area contributed by atoms with Gasteiger partial charge < -0.3 is 10.6 Å². The maximum absolute atomic E-state index is 11.9. The average Bonchev–Trinajstić information content (AvgIpc) is 3.28. The van der Waals surface area contributed by atoms with Crippen LogP contribution in [0.15, 0.2) is 40.2 Å². The smallest absolute Gasteiger partial charge is 0.240 e. The van der Waals surface area contributed by atoms with Crippen molar-refractivity contribution < 1.29 is 8.42 Å². The molecular formula is C13H21IN4O2S. The fourth-order valence-corrected chi connectivity index (χ4v) is 2.84. The number of guanidine groups is 1. The van der Waals surface area contributed by atoms with Gasteiger partial charge in [-0.05, 0) is 25.0 Å². The zero-order chi connectivity index (χ0) is 14.6. The predicted molar refractivity (Wildman–Crippen MR) is 94.3 cm³/mol. The zero-order valence-corrected chi connectivity index (χ0v) is 15.0. The van der Waals surface area contributed by atoms with Gasteiger partial charge in [0.05, 0.1) is 11.4 Å². The summed E-state index contributed by atoms with van der Waals surface area (Å²) in [4.78, 5) is 6.37. The number of hydrogen-bond acceptors (Lipinski definition) is 3. The summed E-state index contributed by atoms with van der Waals surface area (Å²) < 4.78 is 26.4. The van der Waals surface area contributed by atoms with E-state index in [9.17, 15) is 8.42 Å². The first-order chi connectivity index (χ1) is 9.50. The van der Waals surface area contributed by atoms with Gasteiger partial charge in [0, 0.05) is 19.6 Å². The van der Waals surface area contributed by atoms with Crippen molar-refractivity contribution in [2.45, 2.75) is 23.8 Å².